The molecule has 24 heavy (non-hydrogen) atoms. The molecule has 1 N–H and O–H groups in total. The Labute approximate surface area is 142 Å². The summed E-state index contributed by atoms with van der Waals surface area (Å²) in [7, 11) is 0. The van der Waals surface area contributed by atoms with E-state index < -0.39 is 0 Å². The van der Waals surface area contributed by atoms with Crippen molar-refractivity contribution in [3.63, 3.8) is 0 Å². The summed E-state index contributed by atoms with van der Waals surface area (Å²) in [6.45, 7) is 2.49. The Bertz CT molecular complexity index is 557. The van der Waals surface area contributed by atoms with Crippen molar-refractivity contribution >= 4 is 11.8 Å². The van der Waals surface area contributed by atoms with Crippen molar-refractivity contribution in [2.24, 2.45) is 5.92 Å². The first-order valence-electron chi connectivity index (χ1n) is 8.56. The predicted octanol–water partition coefficient (Wildman–Crippen LogP) is 1.21. The van der Waals surface area contributed by atoms with Gasteiger partial charge < -0.3 is 19.7 Å². The summed E-state index contributed by atoms with van der Waals surface area (Å²) in [6, 6.07) is 9.32. The number of amides is 2. The number of rotatable bonds is 5. The van der Waals surface area contributed by atoms with Gasteiger partial charge in [-0.2, -0.15) is 0 Å². The quantitative estimate of drug-likeness (QED) is 0.880. The fourth-order valence-electron chi connectivity index (χ4n) is 3.12. The van der Waals surface area contributed by atoms with E-state index in [1.807, 2.05) is 30.3 Å². The van der Waals surface area contributed by atoms with Crippen molar-refractivity contribution in [3.05, 3.63) is 30.3 Å². The van der Waals surface area contributed by atoms with Gasteiger partial charge in [-0.3, -0.25) is 9.59 Å². The number of para-hydroxylation sites is 1. The van der Waals surface area contributed by atoms with E-state index in [0.717, 1.165) is 25.9 Å². The van der Waals surface area contributed by atoms with Crippen LogP contribution in [0.2, 0.25) is 0 Å². The molecule has 2 heterocycles. The highest BCUT2D eigenvalue weighted by Crippen LogP contribution is 2.16. The molecule has 0 bridgehead atoms. The maximum Gasteiger partial charge on any atom is 0.260 e. The summed E-state index contributed by atoms with van der Waals surface area (Å²) in [4.78, 5) is 26.2. The van der Waals surface area contributed by atoms with Crippen LogP contribution in [0.1, 0.15) is 19.3 Å². The lowest BCUT2D eigenvalue weighted by Gasteiger charge is -2.23. The van der Waals surface area contributed by atoms with Crippen LogP contribution in [0.3, 0.4) is 0 Å². The molecule has 130 valence electrons. The summed E-state index contributed by atoms with van der Waals surface area (Å²) in [5.74, 6) is 0.642. The van der Waals surface area contributed by atoms with E-state index in [9.17, 15) is 9.59 Å². The van der Waals surface area contributed by atoms with Gasteiger partial charge in [0.15, 0.2) is 6.61 Å². The molecule has 1 aromatic carbocycles. The second kappa shape index (κ2) is 8.15. The van der Waals surface area contributed by atoms with Crippen molar-refractivity contribution in [3.8, 4) is 5.75 Å². The third-order valence-electron chi connectivity index (χ3n) is 4.52. The SMILES string of the molecule is O=C(N[C@H]1CCN(C(=O)COc2ccccc2)C1)[C@H]1CCCOC1. The smallest absolute Gasteiger partial charge is 0.260 e. The topological polar surface area (TPSA) is 67.9 Å². The third-order valence-corrected chi connectivity index (χ3v) is 4.52. The summed E-state index contributed by atoms with van der Waals surface area (Å²) in [5.41, 5.74) is 0. The van der Waals surface area contributed by atoms with E-state index in [2.05, 4.69) is 5.32 Å². The van der Waals surface area contributed by atoms with Gasteiger partial charge in [0.2, 0.25) is 5.91 Å². The summed E-state index contributed by atoms with van der Waals surface area (Å²) >= 11 is 0. The minimum Gasteiger partial charge on any atom is -0.484 e. The fraction of sp³-hybridized carbons (Fsp3) is 0.556. The van der Waals surface area contributed by atoms with Gasteiger partial charge in [0.25, 0.3) is 5.91 Å². The third kappa shape index (κ3) is 4.47. The zero-order valence-electron chi connectivity index (χ0n) is 13.8. The molecule has 6 heteroatoms. The molecular formula is C18H24N2O4. The molecule has 0 aliphatic carbocycles. The number of carbonyl (C=O) groups excluding carboxylic acids is 2. The average Bonchev–Trinajstić information content (AvgIpc) is 3.10. The molecule has 2 saturated heterocycles. The van der Waals surface area contributed by atoms with Gasteiger partial charge in [-0.15, -0.1) is 0 Å². The Morgan fingerprint density at radius 1 is 1.25 bits per heavy atom. The molecule has 0 radical (unpaired) electrons. The molecule has 0 saturated carbocycles. The number of nitrogens with zero attached hydrogens (tertiary/aromatic N) is 1. The molecule has 2 aliphatic rings. The number of likely N-dealkylation sites (tertiary alicyclic amines) is 1. The molecular weight excluding hydrogens is 308 g/mol. The summed E-state index contributed by atoms with van der Waals surface area (Å²) in [6.07, 6.45) is 2.60. The predicted molar refractivity (Wildman–Crippen MR) is 88.6 cm³/mol. The monoisotopic (exact) mass is 332 g/mol. The standard InChI is InChI=1S/C18H24N2O4/c21-17(13-24-16-6-2-1-3-7-16)20-9-8-15(11-20)19-18(22)14-5-4-10-23-12-14/h1-3,6-7,14-15H,4-5,8-13H2,(H,19,22)/t14-,15-/m0/s1. The Morgan fingerprint density at radius 3 is 2.83 bits per heavy atom. The molecule has 6 nitrogen and oxygen atoms in total. The first-order chi connectivity index (χ1) is 11.7. The minimum absolute atomic E-state index is 0.0279. The highest BCUT2D eigenvalue weighted by Gasteiger charge is 2.30. The Morgan fingerprint density at radius 2 is 2.08 bits per heavy atom. The number of benzene rings is 1. The van der Waals surface area contributed by atoms with E-state index in [1.54, 1.807) is 4.90 Å². The Kier molecular flexibility index (Phi) is 5.69. The van der Waals surface area contributed by atoms with Gasteiger partial charge in [-0.05, 0) is 31.4 Å². The van der Waals surface area contributed by atoms with Crippen LogP contribution in [-0.2, 0) is 14.3 Å². The van der Waals surface area contributed by atoms with Gasteiger partial charge in [0.1, 0.15) is 5.75 Å². The average molecular weight is 332 g/mol. The number of carbonyl (C=O) groups is 2. The van der Waals surface area contributed by atoms with Gasteiger partial charge in [0, 0.05) is 25.7 Å². The minimum atomic E-state index is -0.0510. The highest BCUT2D eigenvalue weighted by molar-refractivity contribution is 5.80. The lowest BCUT2D eigenvalue weighted by molar-refractivity contribution is -0.133. The van der Waals surface area contributed by atoms with Crippen molar-refractivity contribution in [1.82, 2.24) is 10.2 Å². The maximum absolute atomic E-state index is 12.2. The van der Waals surface area contributed by atoms with Gasteiger partial charge in [0.05, 0.1) is 12.5 Å². The van der Waals surface area contributed by atoms with Crippen LogP contribution in [-0.4, -0.2) is 55.7 Å². The lowest BCUT2D eigenvalue weighted by Crippen LogP contribution is -2.43. The van der Waals surface area contributed by atoms with E-state index in [-0.39, 0.29) is 30.4 Å². The zero-order chi connectivity index (χ0) is 16.8. The van der Waals surface area contributed by atoms with Crippen LogP contribution < -0.4 is 10.1 Å². The number of ether oxygens (including phenoxy) is 2. The van der Waals surface area contributed by atoms with Crippen LogP contribution >= 0.6 is 0 Å². The van der Waals surface area contributed by atoms with Crippen molar-refractivity contribution < 1.29 is 19.1 Å². The molecule has 2 fully saturated rings. The number of nitrogens with one attached hydrogen (secondary N) is 1. The fourth-order valence-corrected chi connectivity index (χ4v) is 3.12. The van der Waals surface area contributed by atoms with Gasteiger partial charge >= 0.3 is 0 Å². The normalized spacial score (nSPS) is 23.8. The van der Waals surface area contributed by atoms with Gasteiger partial charge in [-0.25, -0.2) is 0 Å². The molecule has 0 aromatic heterocycles. The summed E-state index contributed by atoms with van der Waals surface area (Å²) < 4.78 is 10.9. The molecule has 3 rings (SSSR count). The second-order valence-corrected chi connectivity index (χ2v) is 6.35. The van der Waals surface area contributed by atoms with Crippen molar-refractivity contribution in [2.45, 2.75) is 25.3 Å². The maximum atomic E-state index is 12.2. The molecule has 2 amide bonds. The van der Waals surface area contributed by atoms with E-state index in [1.165, 1.54) is 0 Å². The van der Waals surface area contributed by atoms with Crippen LogP contribution in [0.25, 0.3) is 0 Å². The molecule has 2 atom stereocenters. The molecule has 0 spiro atoms. The van der Waals surface area contributed by atoms with E-state index in [4.69, 9.17) is 9.47 Å². The molecule has 2 aliphatic heterocycles. The largest absolute Gasteiger partial charge is 0.484 e. The Hall–Kier alpha value is -2.08. The number of hydrogen-bond acceptors (Lipinski definition) is 4. The second-order valence-electron chi connectivity index (χ2n) is 6.35. The van der Waals surface area contributed by atoms with E-state index in [0.29, 0.717) is 25.4 Å². The first kappa shape index (κ1) is 16.8. The lowest BCUT2D eigenvalue weighted by atomic mass is 10.0. The first-order valence-corrected chi connectivity index (χ1v) is 8.56. The molecule has 1 aromatic rings. The van der Waals surface area contributed by atoms with Crippen molar-refractivity contribution in [2.75, 3.05) is 32.9 Å². The van der Waals surface area contributed by atoms with Crippen LogP contribution in [0.15, 0.2) is 30.3 Å². The number of hydrogen-bond donors (Lipinski definition) is 1. The molecule has 0 unspecified atom stereocenters. The van der Waals surface area contributed by atoms with E-state index >= 15 is 0 Å². The van der Waals surface area contributed by atoms with Gasteiger partial charge in [-0.1, -0.05) is 18.2 Å². The van der Waals surface area contributed by atoms with Crippen LogP contribution in [0.5, 0.6) is 5.75 Å². The zero-order valence-corrected chi connectivity index (χ0v) is 13.8. The summed E-state index contributed by atoms with van der Waals surface area (Å²) in [5, 5.41) is 3.05. The van der Waals surface area contributed by atoms with Crippen LogP contribution in [0, 0.1) is 5.92 Å². The van der Waals surface area contributed by atoms with Crippen molar-refractivity contribution in [1.29, 1.82) is 0 Å². The Balaban J connectivity index is 1.41. The highest BCUT2D eigenvalue weighted by atomic mass is 16.5. The van der Waals surface area contributed by atoms with Crippen LogP contribution in [0.4, 0.5) is 0 Å².